The summed E-state index contributed by atoms with van der Waals surface area (Å²) in [6.45, 7) is -0.223. The van der Waals surface area contributed by atoms with Crippen LogP contribution in [0.2, 0.25) is 0 Å². The van der Waals surface area contributed by atoms with Gasteiger partial charge in [-0.1, -0.05) is 0 Å². The molecule has 5 nitrogen and oxygen atoms in total. The molecular formula is C10H19F3N2O3S. The highest BCUT2D eigenvalue weighted by Crippen LogP contribution is 2.37. The minimum Gasteiger partial charge on any atom is -0.379 e. The van der Waals surface area contributed by atoms with Gasteiger partial charge in [-0.3, -0.25) is 4.90 Å². The average Bonchev–Trinajstić information content (AvgIpc) is 2.25. The van der Waals surface area contributed by atoms with Crippen LogP contribution in [0.5, 0.6) is 0 Å². The van der Waals surface area contributed by atoms with Crippen LogP contribution in [0.1, 0.15) is 12.8 Å². The third kappa shape index (κ3) is 4.04. The average molecular weight is 304 g/mol. The summed E-state index contributed by atoms with van der Waals surface area (Å²) in [4.78, 5) is 1.35. The molecule has 0 bridgehead atoms. The maximum absolute atomic E-state index is 12.7. The lowest BCUT2D eigenvalue weighted by molar-refractivity contribution is -0.273. The van der Waals surface area contributed by atoms with E-state index in [9.17, 15) is 26.7 Å². The zero-order valence-corrected chi connectivity index (χ0v) is 11.8. The van der Waals surface area contributed by atoms with Crippen LogP contribution in [0.3, 0.4) is 0 Å². The lowest BCUT2D eigenvalue weighted by Crippen LogP contribution is -2.57. The molecule has 0 aromatic carbocycles. The highest BCUT2D eigenvalue weighted by molar-refractivity contribution is 7.89. The second kappa shape index (κ2) is 5.55. The lowest BCUT2D eigenvalue weighted by atomic mass is 9.92. The predicted molar refractivity (Wildman–Crippen MR) is 64.2 cm³/mol. The van der Waals surface area contributed by atoms with Crippen molar-refractivity contribution in [3.63, 3.8) is 0 Å². The summed E-state index contributed by atoms with van der Waals surface area (Å²) < 4.78 is 62.2. The Bertz CT molecular complexity index is 411. The molecule has 0 radical (unpaired) electrons. The molecular weight excluding hydrogens is 285 g/mol. The number of β-amino-alcohol motifs (C(OH)–C–C–N with tert-alkyl or cyclic N) is 1. The standard InChI is InChI=1S/C10H19F3N2O3S/c1-14(2)19(17,18)7-6-15-5-3-4-9(16,8-15)10(11,12)13/h16H,3-8H2,1-2H3. The molecule has 1 rings (SSSR count). The van der Waals surface area contributed by atoms with Crippen molar-refractivity contribution < 1.29 is 26.7 Å². The van der Waals surface area contributed by atoms with Crippen molar-refractivity contribution in [2.75, 3.05) is 39.5 Å². The number of rotatable bonds is 4. The largest absolute Gasteiger partial charge is 0.418 e. The molecule has 1 atom stereocenters. The van der Waals surface area contributed by atoms with Gasteiger partial charge in [0.1, 0.15) is 0 Å². The summed E-state index contributed by atoms with van der Waals surface area (Å²) in [5.41, 5.74) is -2.73. The van der Waals surface area contributed by atoms with Crippen LogP contribution in [0, 0.1) is 0 Å². The number of hydrogen-bond acceptors (Lipinski definition) is 4. The summed E-state index contributed by atoms with van der Waals surface area (Å²) >= 11 is 0. The first-order valence-corrected chi connectivity index (χ1v) is 7.50. The van der Waals surface area contributed by atoms with E-state index < -0.39 is 28.3 Å². The Morgan fingerprint density at radius 3 is 2.42 bits per heavy atom. The van der Waals surface area contributed by atoms with Gasteiger partial charge in [0.2, 0.25) is 10.0 Å². The van der Waals surface area contributed by atoms with Crippen LogP contribution in [0.25, 0.3) is 0 Å². The molecule has 0 amide bonds. The number of nitrogens with zero attached hydrogens (tertiary/aromatic N) is 2. The summed E-state index contributed by atoms with van der Waals surface area (Å²) in [6, 6.07) is 0. The molecule has 0 spiro atoms. The normalized spacial score (nSPS) is 26.9. The van der Waals surface area contributed by atoms with E-state index in [4.69, 9.17) is 0 Å². The predicted octanol–water partition coefficient (Wildman–Crippen LogP) is 0.267. The van der Waals surface area contributed by atoms with Gasteiger partial charge in [-0.15, -0.1) is 0 Å². The topological polar surface area (TPSA) is 60.9 Å². The van der Waals surface area contributed by atoms with Gasteiger partial charge in [0.05, 0.1) is 5.75 Å². The second-order valence-electron chi connectivity index (χ2n) is 5.01. The summed E-state index contributed by atoms with van der Waals surface area (Å²) in [6.07, 6.45) is -4.84. The van der Waals surface area contributed by atoms with Crippen molar-refractivity contribution in [3.05, 3.63) is 0 Å². The van der Waals surface area contributed by atoms with E-state index in [0.29, 0.717) is 6.54 Å². The fourth-order valence-corrected chi connectivity index (χ4v) is 2.83. The first kappa shape index (κ1) is 16.7. The minimum atomic E-state index is -4.69. The van der Waals surface area contributed by atoms with E-state index in [-0.39, 0.29) is 25.1 Å². The van der Waals surface area contributed by atoms with Gasteiger partial charge in [0, 0.05) is 27.2 Å². The molecule has 1 fully saturated rings. The molecule has 9 heteroatoms. The van der Waals surface area contributed by atoms with E-state index in [1.54, 1.807) is 0 Å². The van der Waals surface area contributed by atoms with Gasteiger partial charge >= 0.3 is 6.18 Å². The number of sulfonamides is 1. The summed E-state index contributed by atoms with van der Waals surface area (Å²) in [5, 5.41) is 9.59. The van der Waals surface area contributed by atoms with Gasteiger partial charge in [0.25, 0.3) is 0 Å². The zero-order chi connectivity index (χ0) is 14.9. The maximum Gasteiger partial charge on any atom is 0.418 e. The van der Waals surface area contributed by atoms with Crippen molar-refractivity contribution in [3.8, 4) is 0 Å². The first-order chi connectivity index (χ1) is 8.48. The molecule has 1 aliphatic rings. The molecule has 1 saturated heterocycles. The maximum atomic E-state index is 12.7. The van der Waals surface area contributed by atoms with Gasteiger partial charge < -0.3 is 5.11 Å². The molecule has 0 aromatic rings. The third-order valence-corrected chi connectivity index (χ3v) is 5.11. The molecule has 1 unspecified atom stereocenters. The molecule has 19 heavy (non-hydrogen) atoms. The Morgan fingerprint density at radius 1 is 1.37 bits per heavy atom. The van der Waals surface area contributed by atoms with Crippen molar-refractivity contribution >= 4 is 10.0 Å². The van der Waals surface area contributed by atoms with Gasteiger partial charge in [-0.2, -0.15) is 13.2 Å². The van der Waals surface area contributed by atoms with Crippen molar-refractivity contribution in [2.45, 2.75) is 24.6 Å². The quantitative estimate of drug-likeness (QED) is 0.810. The summed E-state index contributed by atoms with van der Waals surface area (Å²) in [7, 11) is -0.696. The van der Waals surface area contributed by atoms with Crippen LogP contribution in [0.15, 0.2) is 0 Å². The minimum absolute atomic E-state index is 0.0150. The first-order valence-electron chi connectivity index (χ1n) is 5.90. The smallest absolute Gasteiger partial charge is 0.379 e. The molecule has 1 aliphatic heterocycles. The second-order valence-corrected chi connectivity index (χ2v) is 7.31. The Kier molecular flexibility index (Phi) is 4.87. The van der Waals surface area contributed by atoms with E-state index in [2.05, 4.69) is 0 Å². The number of halogens is 3. The van der Waals surface area contributed by atoms with Crippen LogP contribution in [0.4, 0.5) is 13.2 Å². The van der Waals surface area contributed by atoms with Crippen molar-refractivity contribution in [1.29, 1.82) is 0 Å². The van der Waals surface area contributed by atoms with E-state index in [0.717, 1.165) is 4.31 Å². The number of alkyl halides is 3. The summed E-state index contributed by atoms with van der Waals surface area (Å²) in [5.74, 6) is -0.256. The van der Waals surface area contributed by atoms with Gasteiger partial charge in [-0.25, -0.2) is 12.7 Å². The van der Waals surface area contributed by atoms with Crippen molar-refractivity contribution in [1.82, 2.24) is 9.21 Å². The molecule has 1 heterocycles. The highest BCUT2D eigenvalue weighted by Gasteiger charge is 2.55. The lowest BCUT2D eigenvalue weighted by Gasteiger charge is -2.40. The SMILES string of the molecule is CN(C)S(=O)(=O)CCN1CCCC(O)(C(F)(F)F)C1. The van der Waals surface area contributed by atoms with E-state index in [1.165, 1.54) is 19.0 Å². The van der Waals surface area contributed by atoms with Crippen molar-refractivity contribution in [2.24, 2.45) is 0 Å². The van der Waals surface area contributed by atoms with E-state index >= 15 is 0 Å². The molecule has 114 valence electrons. The fourth-order valence-electron chi connectivity index (χ4n) is 1.97. The van der Waals surface area contributed by atoms with Gasteiger partial charge in [-0.05, 0) is 19.4 Å². The zero-order valence-electron chi connectivity index (χ0n) is 10.9. The van der Waals surface area contributed by atoms with Crippen LogP contribution in [-0.2, 0) is 10.0 Å². The monoisotopic (exact) mass is 304 g/mol. The van der Waals surface area contributed by atoms with Crippen LogP contribution < -0.4 is 0 Å². The van der Waals surface area contributed by atoms with Crippen LogP contribution >= 0.6 is 0 Å². The van der Waals surface area contributed by atoms with Gasteiger partial charge in [0.15, 0.2) is 5.60 Å². The Morgan fingerprint density at radius 2 is 1.95 bits per heavy atom. The molecule has 1 N–H and O–H groups in total. The molecule has 0 aliphatic carbocycles. The Hall–Kier alpha value is -0.380. The number of likely N-dealkylation sites (tertiary alicyclic amines) is 1. The third-order valence-electron chi connectivity index (χ3n) is 3.30. The fraction of sp³-hybridized carbons (Fsp3) is 1.00. The molecule has 0 saturated carbocycles. The highest BCUT2D eigenvalue weighted by atomic mass is 32.2. The Balaban J connectivity index is 2.63. The van der Waals surface area contributed by atoms with E-state index in [1.807, 2.05) is 0 Å². The number of hydrogen-bond donors (Lipinski definition) is 1. The van der Waals surface area contributed by atoms with Crippen LogP contribution in [-0.4, -0.2) is 74.0 Å². The number of piperidine rings is 1. The molecule has 0 aromatic heterocycles. The Labute approximate surface area is 111 Å². The number of aliphatic hydroxyl groups is 1.